The van der Waals surface area contributed by atoms with Gasteiger partial charge in [-0.25, -0.2) is 0 Å². The molecule has 9 atom stereocenters. The van der Waals surface area contributed by atoms with Crippen LogP contribution in [0.1, 0.15) is 0 Å². The van der Waals surface area contributed by atoms with E-state index in [9.17, 15) is 40.9 Å². The molecule has 22 heavy (non-hydrogen) atoms. The van der Waals surface area contributed by atoms with Crippen molar-refractivity contribution in [1.29, 1.82) is 0 Å². The summed E-state index contributed by atoms with van der Waals surface area (Å²) >= 11 is 0. The summed E-state index contributed by atoms with van der Waals surface area (Å²) in [5, 5.41) is 84.7. The van der Waals surface area contributed by atoms with Gasteiger partial charge in [0.2, 0.25) is 0 Å². The number of rotatable bonds is 8. The van der Waals surface area contributed by atoms with Crippen molar-refractivity contribution in [1.82, 2.24) is 0 Å². The van der Waals surface area contributed by atoms with Gasteiger partial charge in [0.25, 0.3) is 0 Å². The molecule has 0 saturated carbocycles. The van der Waals surface area contributed by atoms with Gasteiger partial charge in [0, 0.05) is 10.9 Å². The Hall–Kier alpha value is -0.0100. The van der Waals surface area contributed by atoms with Crippen LogP contribution in [0, 0.1) is 0 Å². The minimum atomic E-state index is -1.88. The van der Waals surface area contributed by atoms with Crippen LogP contribution in [0.15, 0.2) is 0 Å². The first-order chi connectivity index (χ1) is 10.2. The molecule has 0 aromatic carbocycles. The van der Waals surface area contributed by atoms with E-state index in [2.05, 4.69) is 0 Å². The van der Waals surface area contributed by atoms with Crippen molar-refractivity contribution >= 4 is 10.9 Å². The quantitative estimate of drug-likeness (QED) is 0.194. The molecular formula is C12H25O9S+. The molecule has 1 aliphatic heterocycles. The lowest BCUT2D eigenvalue weighted by Gasteiger charge is -2.28. The van der Waals surface area contributed by atoms with Crippen LogP contribution in [0.3, 0.4) is 0 Å². The van der Waals surface area contributed by atoms with Crippen molar-refractivity contribution in [3.63, 3.8) is 0 Å². The second-order valence-electron chi connectivity index (χ2n) is 5.44. The lowest BCUT2D eigenvalue weighted by molar-refractivity contribution is -0.136. The standard InChI is InChI=1S/C12H25O9S/c13-1-5(15)10(19)12(21)11(20)7(17)4-22-3-6(16)9(18)8(22)2-14/h5-21H,1-4H2/q+1/t5?,6-,7?,8-,9+,10?,11?,12+,22?/m1/s1. The molecule has 1 rings (SSSR count). The normalized spacial score (nSPS) is 35.9. The van der Waals surface area contributed by atoms with Gasteiger partial charge >= 0.3 is 0 Å². The monoisotopic (exact) mass is 345 g/mol. The number of aliphatic hydroxyl groups is 9. The maximum absolute atomic E-state index is 9.93. The van der Waals surface area contributed by atoms with E-state index in [-0.39, 0.29) is 11.5 Å². The zero-order valence-electron chi connectivity index (χ0n) is 11.9. The molecule has 0 aromatic rings. The van der Waals surface area contributed by atoms with Crippen LogP contribution in [-0.2, 0) is 10.9 Å². The molecule has 1 saturated heterocycles. The third-order valence-electron chi connectivity index (χ3n) is 3.83. The molecule has 1 heterocycles. The van der Waals surface area contributed by atoms with E-state index >= 15 is 0 Å². The highest BCUT2D eigenvalue weighted by Gasteiger charge is 2.51. The van der Waals surface area contributed by atoms with Gasteiger partial charge in [-0.05, 0) is 0 Å². The second-order valence-corrected chi connectivity index (χ2v) is 7.79. The van der Waals surface area contributed by atoms with Crippen LogP contribution in [0.4, 0.5) is 0 Å². The largest absolute Gasteiger partial charge is 0.394 e. The highest BCUT2D eigenvalue weighted by molar-refractivity contribution is 7.97. The highest BCUT2D eigenvalue weighted by Crippen LogP contribution is 2.25. The van der Waals surface area contributed by atoms with Crippen molar-refractivity contribution in [3.05, 3.63) is 0 Å². The molecule has 5 unspecified atom stereocenters. The van der Waals surface area contributed by atoms with Gasteiger partial charge in [-0.3, -0.25) is 0 Å². The fourth-order valence-electron chi connectivity index (χ4n) is 2.37. The summed E-state index contributed by atoms with van der Waals surface area (Å²) in [6, 6.07) is 0. The Balaban J connectivity index is 2.62. The molecule has 0 aliphatic carbocycles. The summed E-state index contributed by atoms with van der Waals surface area (Å²) in [6.07, 6.45) is -10.8. The van der Waals surface area contributed by atoms with E-state index in [0.29, 0.717) is 0 Å². The van der Waals surface area contributed by atoms with E-state index < -0.39 is 72.1 Å². The molecule has 0 amide bonds. The molecule has 1 aliphatic rings. The molecule has 132 valence electrons. The number of hydrogen-bond donors (Lipinski definition) is 9. The second kappa shape index (κ2) is 8.73. The third-order valence-corrected chi connectivity index (χ3v) is 6.65. The van der Waals surface area contributed by atoms with E-state index in [1.165, 1.54) is 0 Å². The minimum absolute atomic E-state index is 0.0977. The zero-order chi connectivity index (χ0) is 17.0. The first-order valence-corrected chi connectivity index (χ1v) is 8.51. The van der Waals surface area contributed by atoms with Gasteiger partial charge in [0.05, 0.1) is 13.2 Å². The third kappa shape index (κ3) is 4.51. The number of hydrogen-bond acceptors (Lipinski definition) is 9. The summed E-state index contributed by atoms with van der Waals surface area (Å²) in [7, 11) is -0.783. The Morgan fingerprint density at radius 3 is 1.91 bits per heavy atom. The molecule has 9 N–H and O–H groups in total. The van der Waals surface area contributed by atoms with Gasteiger partial charge in [-0.2, -0.15) is 0 Å². The maximum Gasteiger partial charge on any atom is 0.169 e. The first-order valence-electron chi connectivity index (χ1n) is 6.89. The van der Waals surface area contributed by atoms with Crippen LogP contribution >= 0.6 is 0 Å². The van der Waals surface area contributed by atoms with Gasteiger partial charge in [0.15, 0.2) is 5.25 Å². The molecule has 0 radical (unpaired) electrons. The van der Waals surface area contributed by atoms with Crippen molar-refractivity contribution in [3.8, 4) is 0 Å². The van der Waals surface area contributed by atoms with Gasteiger partial charge < -0.3 is 46.0 Å². The summed E-state index contributed by atoms with van der Waals surface area (Å²) in [5.41, 5.74) is 0. The Bertz CT molecular complexity index is 334. The molecular weight excluding hydrogens is 320 g/mol. The van der Waals surface area contributed by atoms with Crippen molar-refractivity contribution < 1.29 is 46.0 Å². The van der Waals surface area contributed by atoms with Gasteiger partial charge in [-0.1, -0.05) is 0 Å². The van der Waals surface area contributed by atoms with E-state index in [1.807, 2.05) is 0 Å². The average molecular weight is 345 g/mol. The lowest BCUT2D eigenvalue weighted by Crippen LogP contribution is -2.52. The molecule has 10 heteroatoms. The van der Waals surface area contributed by atoms with E-state index in [0.717, 1.165) is 0 Å². The van der Waals surface area contributed by atoms with E-state index in [1.54, 1.807) is 0 Å². The van der Waals surface area contributed by atoms with Gasteiger partial charge in [0.1, 0.15) is 54.2 Å². The molecule has 0 bridgehead atoms. The Morgan fingerprint density at radius 1 is 0.864 bits per heavy atom. The van der Waals surface area contributed by atoms with Crippen molar-refractivity contribution in [2.24, 2.45) is 0 Å². The predicted octanol–water partition coefficient (Wildman–Crippen LogP) is -5.50. The van der Waals surface area contributed by atoms with Crippen LogP contribution in [-0.4, -0.2) is 119 Å². The minimum Gasteiger partial charge on any atom is -0.394 e. The molecule has 1 fully saturated rings. The van der Waals surface area contributed by atoms with Crippen LogP contribution in [0.5, 0.6) is 0 Å². The zero-order valence-corrected chi connectivity index (χ0v) is 12.7. The molecule has 0 spiro atoms. The highest BCUT2D eigenvalue weighted by atomic mass is 32.2. The van der Waals surface area contributed by atoms with Crippen LogP contribution in [0.25, 0.3) is 0 Å². The summed E-state index contributed by atoms with van der Waals surface area (Å²) in [4.78, 5) is 0. The summed E-state index contributed by atoms with van der Waals surface area (Å²) < 4.78 is 0. The van der Waals surface area contributed by atoms with Gasteiger partial charge in [-0.15, -0.1) is 0 Å². The first kappa shape index (κ1) is 20.0. The summed E-state index contributed by atoms with van der Waals surface area (Å²) in [6.45, 7) is -1.21. The predicted molar refractivity (Wildman–Crippen MR) is 77.1 cm³/mol. The smallest absolute Gasteiger partial charge is 0.169 e. The Kier molecular flexibility index (Phi) is 7.95. The lowest BCUT2D eigenvalue weighted by atomic mass is 10.0. The Morgan fingerprint density at radius 2 is 1.41 bits per heavy atom. The Labute approximate surface area is 130 Å². The number of aliphatic hydroxyl groups excluding tert-OH is 9. The SMILES string of the molecule is OCC(O)C(O)[C@H](O)C(O)C(O)C[S+]1C[C@@H](O)[C@H](O)[C@H]1CO. The van der Waals surface area contributed by atoms with Crippen molar-refractivity contribution in [2.75, 3.05) is 24.7 Å². The fraction of sp³-hybridized carbons (Fsp3) is 1.00. The summed E-state index contributed by atoms with van der Waals surface area (Å²) in [5.74, 6) is 0.0492. The topological polar surface area (TPSA) is 182 Å². The van der Waals surface area contributed by atoms with Crippen LogP contribution < -0.4 is 0 Å². The van der Waals surface area contributed by atoms with E-state index in [4.69, 9.17) is 5.11 Å². The molecule has 9 nitrogen and oxygen atoms in total. The molecule has 0 aromatic heterocycles. The van der Waals surface area contributed by atoms with Crippen molar-refractivity contribution in [2.45, 2.75) is 48.0 Å². The maximum atomic E-state index is 9.93. The van der Waals surface area contributed by atoms with Crippen LogP contribution in [0.2, 0.25) is 0 Å². The fourth-order valence-corrected chi connectivity index (χ4v) is 5.06. The average Bonchev–Trinajstić information content (AvgIpc) is 2.77.